The summed E-state index contributed by atoms with van der Waals surface area (Å²) in [5.74, 6) is 0.806. The highest BCUT2D eigenvalue weighted by Gasteiger charge is 2.10. The number of methoxy groups -OCH3 is 1. The molecule has 1 atom stereocenters. The van der Waals surface area contributed by atoms with E-state index >= 15 is 0 Å². The van der Waals surface area contributed by atoms with E-state index in [2.05, 4.69) is 14.7 Å². The van der Waals surface area contributed by atoms with E-state index in [1.54, 1.807) is 7.11 Å². The van der Waals surface area contributed by atoms with Crippen LogP contribution in [-0.4, -0.2) is 42.9 Å². The minimum absolute atomic E-state index is 0.0491. The normalized spacial score (nSPS) is 13.6. The lowest BCUT2D eigenvalue weighted by molar-refractivity contribution is 0.179. The number of hydrogen-bond donors (Lipinski definition) is 1. The van der Waals surface area contributed by atoms with Crippen molar-refractivity contribution in [1.82, 2.24) is 9.36 Å². The van der Waals surface area contributed by atoms with Crippen LogP contribution in [0, 0.1) is 0 Å². The lowest BCUT2D eigenvalue weighted by Crippen LogP contribution is -2.19. The summed E-state index contributed by atoms with van der Waals surface area (Å²) >= 11 is 1.25. The van der Waals surface area contributed by atoms with Gasteiger partial charge in [0.15, 0.2) is 5.82 Å². The molecular weight excluding hydrogens is 262 g/mol. The van der Waals surface area contributed by atoms with Gasteiger partial charge in [0.1, 0.15) is 16.4 Å². The van der Waals surface area contributed by atoms with E-state index in [0.29, 0.717) is 24.0 Å². The first-order valence-electron chi connectivity index (χ1n) is 5.16. The van der Waals surface area contributed by atoms with Gasteiger partial charge in [0, 0.05) is 30.9 Å². The molecule has 8 heteroatoms. The van der Waals surface area contributed by atoms with Gasteiger partial charge in [0.25, 0.3) is 0 Å². The molecule has 1 unspecified atom stereocenters. The maximum atomic E-state index is 11.0. The third-order valence-corrected chi connectivity index (χ3v) is 3.69. The van der Waals surface area contributed by atoms with Crippen molar-refractivity contribution in [3.05, 3.63) is 5.82 Å². The van der Waals surface area contributed by atoms with Crippen molar-refractivity contribution in [3.63, 3.8) is 0 Å². The van der Waals surface area contributed by atoms with E-state index in [4.69, 9.17) is 4.74 Å². The van der Waals surface area contributed by atoms with Crippen LogP contribution in [0.1, 0.15) is 19.2 Å². The number of sulfone groups is 1. The summed E-state index contributed by atoms with van der Waals surface area (Å²) < 4.78 is 31.0. The number of anilines is 1. The zero-order valence-corrected chi connectivity index (χ0v) is 11.8. The van der Waals surface area contributed by atoms with Gasteiger partial charge in [0.2, 0.25) is 5.13 Å². The minimum Gasteiger partial charge on any atom is -0.377 e. The zero-order valence-electron chi connectivity index (χ0n) is 10.1. The van der Waals surface area contributed by atoms with Crippen molar-refractivity contribution >= 4 is 26.5 Å². The van der Waals surface area contributed by atoms with Gasteiger partial charge in [-0.3, -0.25) is 0 Å². The first kappa shape index (κ1) is 14.3. The average Bonchev–Trinajstić information content (AvgIpc) is 2.62. The Balaban J connectivity index is 2.42. The third kappa shape index (κ3) is 5.94. The molecule has 0 saturated carbocycles. The molecule has 0 amide bonds. The van der Waals surface area contributed by atoms with E-state index in [1.807, 2.05) is 6.92 Å². The van der Waals surface area contributed by atoms with E-state index < -0.39 is 9.84 Å². The fourth-order valence-electron chi connectivity index (χ4n) is 1.17. The highest BCUT2D eigenvalue weighted by atomic mass is 32.2. The molecule has 1 aromatic rings. The van der Waals surface area contributed by atoms with Crippen LogP contribution in [0.3, 0.4) is 0 Å². The fraction of sp³-hybridized carbons (Fsp3) is 0.778. The van der Waals surface area contributed by atoms with Crippen LogP contribution in [0.5, 0.6) is 0 Å². The summed E-state index contributed by atoms with van der Waals surface area (Å²) in [4.78, 5) is 4.21. The average molecular weight is 279 g/mol. The molecule has 0 aliphatic rings. The van der Waals surface area contributed by atoms with Gasteiger partial charge in [-0.1, -0.05) is 0 Å². The highest BCUT2D eigenvalue weighted by molar-refractivity contribution is 7.90. The SMILES string of the molecule is COCc1nsc(NC(C)CCS(C)(=O)=O)n1. The third-order valence-electron chi connectivity index (χ3n) is 2.03. The number of nitrogens with zero attached hydrogens (tertiary/aromatic N) is 2. The van der Waals surface area contributed by atoms with E-state index in [1.165, 1.54) is 17.8 Å². The Morgan fingerprint density at radius 1 is 1.53 bits per heavy atom. The van der Waals surface area contributed by atoms with Crippen molar-refractivity contribution in [2.24, 2.45) is 0 Å². The van der Waals surface area contributed by atoms with E-state index in [0.717, 1.165) is 0 Å². The van der Waals surface area contributed by atoms with E-state index in [-0.39, 0.29) is 11.8 Å². The van der Waals surface area contributed by atoms with Gasteiger partial charge < -0.3 is 10.1 Å². The predicted octanol–water partition coefficient (Wildman–Crippen LogP) is 0.920. The zero-order chi connectivity index (χ0) is 12.9. The molecule has 0 bridgehead atoms. The van der Waals surface area contributed by atoms with Crippen molar-refractivity contribution in [2.75, 3.05) is 24.4 Å². The van der Waals surface area contributed by atoms with Crippen LogP contribution in [0.15, 0.2) is 0 Å². The molecule has 17 heavy (non-hydrogen) atoms. The second-order valence-electron chi connectivity index (χ2n) is 3.91. The molecule has 1 rings (SSSR count). The number of rotatable bonds is 7. The first-order chi connectivity index (χ1) is 7.90. The lowest BCUT2D eigenvalue weighted by atomic mass is 10.3. The van der Waals surface area contributed by atoms with Crippen LogP contribution in [0.4, 0.5) is 5.13 Å². The second-order valence-corrected chi connectivity index (χ2v) is 6.92. The van der Waals surface area contributed by atoms with Gasteiger partial charge in [-0.2, -0.15) is 4.37 Å². The quantitative estimate of drug-likeness (QED) is 0.799. The van der Waals surface area contributed by atoms with Crippen molar-refractivity contribution in [2.45, 2.75) is 26.0 Å². The first-order valence-corrected chi connectivity index (χ1v) is 8.00. The van der Waals surface area contributed by atoms with Crippen LogP contribution in [0.2, 0.25) is 0 Å². The summed E-state index contributed by atoms with van der Waals surface area (Å²) in [6, 6.07) is 0.0491. The summed E-state index contributed by atoms with van der Waals surface area (Å²) in [5.41, 5.74) is 0. The molecule has 1 heterocycles. The molecule has 0 aliphatic heterocycles. The highest BCUT2D eigenvalue weighted by Crippen LogP contribution is 2.13. The smallest absolute Gasteiger partial charge is 0.202 e. The van der Waals surface area contributed by atoms with Gasteiger partial charge in [-0.25, -0.2) is 13.4 Å². The summed E-state index contributed by atoms with van der Waals surface area (Å²) in [5, 5.41) is 3.81. The van der Waals surface area contributed by atoms with E-state index in [9.17, 15) is 8.42 Å². The van der Waals surface area contributed by atoms with Gasteiger partial charge >= 0.3 is 0 Å². The summed E-state index contributed by atoms with van der Waals surface area (Å²) in [7, 11) is -1.32. The molecule has 0 saturated heterocycles. The Morgan fingerprint density at radius 3 is 2.82 bits per heavy atom. The summed E-state index contributed by atoms with van der Waals surface area (Å²) in [6.07, 6.45) is 1.79. The maximum absolute atomic E-state index is 11.0. The molecule has 0 aromatic carbocycles. The molecule has 6 nitrogen and oxygen atoms in total. The molecule has 98 valence electrons. The second kappa shape index (κ2) is 6.27. The van der Waals surface area contributed by atoms with Crippen molar-refractivity contribution in [3.8, 4) is 0 Å². The minimum atomic E-state index is -2.91. The molecule has 1 aromatic heterocycles. The number of hydrogen-bond acceptors (Lipinski definition) is 7. The summed E-state index contributed by atoms with van der Waals surface area (Å²) in [6.45, 7) is 2.30. The Hall–Kier alpha value is -0.730. The number of ether oxygens (including phenoxy) is 1. The van der Waals surface area contributed by atoms with Crippen LogP contribution in [-0.2, 0) is 21.2 Å². The largest absolute Gasteiger partial charge is 0.377 e. The molecule has 1 N–H and O–H groups in total. The predicted molar refractivity (Wildman–Crippen MR) is 68.0 cm³/mol. The maximum Gasteiger partial charge on any atom is 0.202 e. The van der Waals surface area contributed by atoms with Crippen molar-refractivity contribution in [1.29, 1.82) is 0 Å². The number of aromatic nitrogens is 2. The molecular formula is C9H17N3O3S2. The van der Waals surface area contributed by atoms with Crippen molar-refractivity contribution < 1.29 is 13.2 Å². The monoisotopic (exact) mass is 279 g/mol. The van der Waals surface area contributed by atoms with Crippen LogP contribution < -0.4 is 5.32 Å². The van der Waals surface area contributed by atoms with Crippen LogP contribution in [0.25, 0.3) is 0 Å². The fourth-order valence-corrected chi connectivity index (χ4v) is 2.64. The molecule has 0 fully saturated rings. The van der Waals surface area contributed by atoms with Gasteiger partial charge in [0.05, 0.1) is 5.75 Å². The van der Waals surface area contributed by atoms with Crippen LogP contribution >= 0.6 is 11.5 Å². The molecule has 0 aliphatic carbocycles. The Kier molecular flexibility index (Phi) is 5.29. The standard InChI is InChI=1S/C9H17N3O3S2/c1-7(4-5-17(3,13)14)10-9-11-8(6-15-2)12-16-9/h7H,4-6H2,1-3H3,(H,10,11,12). The van der Waals surface area contributed by atoms with Gasteiger partial charge in [-0.05, 0) is 13.3 Å². The topological polar surface area (TPSA) is 81.2 Å². The van der Waals surface area contributed by atoms with Gasteiger partial charge in [-0.15, -0.1) is 0 Å². The lowest BCUT2D eigenvalue weighted by Gasteiger charge is -2.11. The molecule has 0 radical (unpaired) electrons. The Labute approximate surface area is 105 Å². The Morgan fingerprint density at radius 2 is 2.24 bits per heavy atom. The molecule has 0 spiro atoms. The Bertz CT molecular complexity index is 444. The number of nitrogens with one attached hydrogen (secondary N) is 1.